The molecule has 108 valence electrons. The SMILES string of the molecule is CCn1c(-c2cc(Cl)ccc2O)nc2cc(OC)ccc21. The van der Waals surface area contributed by atoms with Crippen LogP contribution in [0.1, 0.15) is 6.92 Å². The van der Waals surface area contributed by atoms with E-state index in [2.05, 4.69) is 4.98 Å². The fraction of sp³-hybridized carbons (Fsp3) is 0.188. The molecule has 1 heterocycles. The largest absolute Gasteiger partial charge is 0.507 e. The van der Waals surface area contributed by atoms with Crippen molar-refractivity contribution in [1.82, 2.24) is 9.55 Å². The van der Waals surface area contributed by atoms with Gasteiger partial charge < -0.3 is 14.4 Å². The molecule has 1 aromatic heterocycles. The first-order valence-corrected chi connectivity index (χ1v) is 7.05. The van der Waals surface area contributed by atoms with Crippen molar-refractivity contribution in [1.29, 1.82) is 0 Å². The third kappa shape index (κ3) is 2.32. The van der Waals surface area contributed by atoms with Crippen molar-refractivity contribution in [3.63, 3.8) is 0 Å². The summed E-state index contributed by atoms with van der Waals surface area (Å²) in [5.74, 6) is 1.61. The first-order chi connectivity index (χ1) is 10.1. The molecule has 0 saturated carbocycles. The van der Waals surface area contributed by atoms with E-state index in [1.807, 2.05) is 29.7 Å². The van der Waals surface area contributed by atoms with E-state index >= 15 is 0 Å². The summed E-state index contributed by atoms with van der Waals surface area (Å²) in [5, 5.41) is 10.7. The second-order valence-corrected chi connectivity index (χ2v) is 5.13. The number of nitrogens with zero attached hydrogens (tertiary/aromatic N) is 2. The van der Waals surface area contributed by atoms with E-state index in [-0.39, 0.29) is 5.75 Å². The van der Waals surface area contributed by atoms with Gasteiger partial charge in [0, 0.05) is 17.6 Å². The molecule has 3 rings (SSSR count). The summed E-state index contributed by atoms with van der Waals surface area (Å²) >= 11 is 6.04. The molecule has 1 N–H and O–H groups in total. The van der Waals surface area contributed by atoms with Crippen LogP contribution >= 0.6 is 11.6 Å². The summed E-state index contributed by atoms with van der Waals surface area (Å²) < 4.78 is 7.28. The highest BCUT2D eigenvalue weighted by Gasteiger charge is 2.15. The maximum absolute atomic E-state index is 10.1. The smallest absolute Gasteiger partial charge is 0.144 e. The molecule has 4 nitrogen and oxygen atoms in total. The molecule has 5 heteroatoms. The minimum Gasteiger partial charge on any atom is -0.507 e. The molecule has 0 radical (unpaired) electrons. The first-order valence-electron chi connectivity index (χ1n) is 6.67. The molecule has 3 aromatic rings. The molecule has 0 unspecified atom stereocenters. The number of aromatic nitrogens is 2. The van der Waals surface area contributed by atoms with Gasteiger partial charge in [0.1, 0.15) is 17.3 Å². The van der Waals surface area contributed by atoms with Gasteiger partial charge in [-0.2, -0.15) is 0 Å². The summed E-state index contributed by atoms with van der Waals surface area (Å²) in [6, 6.07) is 10.7. The molecule has 0 fully saturated rings. The van der Waals surface area contributed by atoms with Gasteiger partial charge in [-0.3, -0.25) is 0 Å². The Morgan fingerprint density at radius 3 is 2.76 bits per heavy atom. The number of aromatic hydroxyl groups is 1. The van der Waals surface area contributed by atoms with Crippen LogP contribution in [0.5, 0.6) is 11.5 Å². The van der Waals surface area contributed by atoms with Crippen LogP contribution in [0.4, 0.5) is 0 Å². The lowest BCUT2D eigenvalue weighted by Crippen LogP contribution is -1.97. The number of hydrogen-bond donors (Lipinski definition) is 1. The predicted molar refractivity (Wildman–Crippen MR) is 84.1 cm³/mol. The summed E-state index contributed by atoms with van der Waals surface area (Å²) in [6.45, 7) is 2.78. The summed E-state index contributed by atoms with van der Waals surface area (Å²) in [7, 11) is 1.63. The number of phenolic OH excluding ortho intramolecular Hbond substituents is 1. The van der Waals surface area contributed by atoms with E-state index in [1.165, 1.54) is 0 Å². The first kappa shape index (κ1) is 13.8. The lowest BCUT2D eigenvalue weighted by Gasteiger charge is -2.08. The monoisotopic (exact) mass is 302 g/mol. The molecular weight excluding hydrogens is 288 g/mol. The van der Waals surface area contributed by atoms with Crippen molar-refractivity contribution >= 4 is 22.6 Å². The van der Waals surface area contributed by atoms with E-state index in [0.717, 1.165) is 23.3 Å². The zero-order valence-corrected chi connectivity index (χ0v) is 12.6. The Morgan fingerprint density at radius 2 is 2.05 bits per heavy atom. The molecule has 0 atom stereocenters. The molecule has 0 aliphatic rings. The Hall–Kier alpha value is -2.20. The Morgan fingerprint density at radius 1 is 1.24 bits per heavy atom. The van der Waals surface area contributed by atoms with E-state index < -0.39 is 0 Å². The van der Waals surface area contributed by atoms with Crippen molar-refractivity contribution in [2.75, 3.05) is 7.11 Å². The third-order valence-corrected chi connectivity index (χ3v) is 3.71. The number of aryl methyl sites for hydroxylation is 1. The normalized spacial score (nSPS) is 11.0. The lowest BCUT2D eigenvalue weighted by molar-refractivity contribution is 0.415. The van der Waals surface area contributed by atoms with Gasteiger partial charge >= 0.3 is 0 Å². The second kappa shape index (κ2) is 5.30. The van der Waals surface area contributed by atoms with Crippen LogP contribution < -0.4 is 4.74 Å². The number of benzene rings is 2. The number of phenols is 1. The van der Waals surface area contributed by atoms with Crippen LogP contribution in [0.2, 0.25) is 5.02 Å². The molecule has 0 aliphatic carbocycles. The molecule has 0 saturated heterocycles. The number of hydrogen-bond acceptors (Lipinski definition) is 3. The van der Waals surface area contributed by atoms with Crippen LogP contribution in [0.25, 0.3) is 22.4 Å². The van der Waals surface area contributed by atoms with Gasteiger partial charge in [-0.25, -0.2) is 4.98 Å². The standard InChI is InChI=1S/C16H15ClN2O2/c1-3-19-14-6-5-11(21-2)9-13(14)18-16(19)12-8-10(17)4-7-15(12)20/h4-9,20H,3H2,1-2H3. The van der Waals surface area contributed by atoms with E-state index in [1.54, 1.807) is 25.3 Å². The minimum absolute atomic E-state index is 0.163. The lowest BCUT2D eigenvalue weighted by atomic mass is 10.2. The van der Waals surface area contributed by atoms with E-state index in [4.69, 9.17) is 16.3 Å². The zero-order chi connectivity index (χ0) is 15.0. The fourth-order valence-corrected chi connectivity index (χ4v) is 2.62. The van der Waals surface area contributed by atoms with Crippen molar-refractivity contribution in [3.05, 3.63) is 41.4 Å². The molecule has 2 aromatic carbocycles. The van der Waals surface area contributed by atoms with Gasteiger partial charge in [0.15, 0.2) is 0 Å². The van der Waals surface area contributed by atoms with E-state index in [9.17, 15) is 5.11 Å². The number of fused-ring (bicyclic) bond motifs is 1. The Balaban J connectivity index is 2.29. The van der Waals surface area contributed by atoms with Crippen molar-refractivity contribution in [2.24, 2.45) is 0 Å². The highest BCUT2D eigenvalue weighted by atomic mass is 35.5. The predicted octanol–water partition coefficient (Wildman–Crippen LogP) is 4.09. The average Bonchev–Trinajstić information content (AvgIpc) is 2.86. The highest BCUT2D eigenvalue weighted by molar-refractivity contribution is 6.30. The second-order valence-electron chi connectivity index (χ2n) is 4.70. The van der Waals surface area contributed by atoms with Crippen molar-refractivity contribution in [3.8, 4) is 22.9 Å². The van der Waals surface area contributed by atoms with E-state index in [0.29, 0.717) is 16.4 Å². The molecular formula is C16H15ClN2O2. The minimum atomic E-state index is 0.163. The number of ether oxygens (including phenoxy) is 1. The van der Waals surface area contributed by atoms with Gasteiger partial charge in [0.2, 0.25) is 0 Å². The van der Waals surface area contributed by atoms with Gasteiger partial charge in [0.25, 0.3) is 0 Å². The average molecular weight is 303 g/mol. The molecule has 21 heavy (non-hydrogen) atoms. The summed E-state index contributed by atoms with van der Waals surface area (Å²) in [6.07, 6.45) is 0. The topological polar surface area (TPSA) is 47.3 Å². The van der Waals surface area contributed by atoms with Crippen LogP contribution in [0.3, 0.4) is 0 Å². The number of methoxy groups -OCH3 is 1. The Kier molecular flexibility index (Phi) is 3.47. The Bertz CT molecular complexity index is 811. The van der Waals surface area contributed by atoms with Crippen LogP contribution in [-0.4, -0.2) is 21.8 Å². The highest BCUT2D eigenvalue weighted by Crippen LogP contribution is 2.34. The summed E-state index contributed by atoms with van der Waals surface area (Å²) in [4.78, 5) is 4.63. The van der Waals surface area contributed by atoms with Crippen LogP contribution in [-0.2, 0) is 6.54 Å². The van der Waals surface area contributed by atoms with Crippen LogP contribution in [0, 0.1) is 0 Å². The van der Waals surface area contributed by atoms with Crippen LogP contribution in [0.15, 0.2) is 36.4 Å². The van der Waals surface area contributed by atoms with Gasteiger partial charge in [-0.05, 0) is 37.3 Å². The van der Waals surface area contributed by atoms with Gasteiger partial charge in [-0.1, -0.05) is 11.6 Å². The van der Waals surface area contributed by atoms with Crippen molar-refractivity contribution in [2.45, 2.75) is 13.5 Å². The zero-order valence-electron chi connectivity index (χ0n) is 11.8. The third-order valence-electron chi connectivity index (χ3n) is 3.47. The maximum atomic E-state index is 10.1. The molecule has 0 bridgehead atoms. The summed E-state index contributed by atoms with van der Waals surface area (Å²) in [5.41, 5.74) is 2.44. The van der Waals surface area contributed by atoms with Gasteiger partial charge in [0.05, 0.1) is 23.7 Å². The van der Waals surface area contributed by atoms with Crippen molar-refractivity contribution < 1.29 is 9.84 Å². The number of imidazole rings is 1. The quantitative estimate of drug-likeness (QED) is 0.792. The number of halogens is 1. The van der Waals surface area contributed by atoms with Gasteiger partial charge in [-0.15, -0.1) is 0 Å². The number of rotatable bonds is 3. The molecule has 0 aliphatic heterocycles. The maximum Gasteiger partial charge on any atom is 0.144 e. The molecule has 0 spiro atoms. The Labute approximate surface area is 127 Å². The fourth-order valence-electron chi connectivity index (χ4n) is 2.45. The molecule has 0 amide bonds.